The second kappa shape index (κ2) is 8.59. The van der Waals surface area contributed by atoms with Crippen molar-refractivity contribution in [2.24, 2.45) is 0 Å². The zero-order valence-corrected chi connectivity index (χ0v) is 14.2. The molecule has 0 spiro atoms. The highest BCUT2D eigenvalue weighted by atomic mass is 79.9. The summed E-state index contributed by atoms with van der Waals surface area (Å²) in [5.41, 5.74) is 2.09. The highest BCUT2D eigenvalue weighted by Gasteiger charge is 2.04. The molecule has 2 aromatic rings. The van der Waals surface area contributed by atoms with Gasteiger partial charge >= 0.3 is 0 Å². The molecule has 0 heterocycles. The van der Waals surface area contributed by atoms with E-state index in [1.807, 2.05) is 36.4 Å². The van der Waals surface area contributed by atoms with E-state index in [9.17, 15) is 4.79 Å². The van der Waals surface area contributed by atoms with Crippen LogP contribution in [0.3, 0.4) is 0 Å². The Bertz CT molecular complexity index is 593. The van der Waals surface area contributed by atoms with Crippen LogP contribution in [0.25, 0.3) is 0 Å². The lowest BCUT2D eigenvalue weighted by atomic mass is 10.1. The Labute approximate surface area is 139 Å². The van der Waals surface area contributed by atoms with Crippen LogP contribution in [0.2, 0.25) is 0 Å². The molecule has 0 atom stereocenters. The SMILES string of the molecule is CCCCc1ccc(NC(=O)COc2ccc(Br)cc2)cc1. The number of anilines is 1. The molecule has 2 rings (SSSR count). The van der Waals surface area contributed by atoms with Crippen LogP contribution in [-0.4, -0.2) is 12.5 Å². The molecule has 0 aliphatic heterocycles. The molecule has 3 nitrogen and oxygen atoms in total. The summed E-state index contributed by atoms with van der Waals surface area (Å²) in [6.07, 6.45) is 3.45. The van der Waals surface area contributed by atoms with Gasteiger partial charge in [0.25, 0.3) is 5.91 Å². The molecule has 2 aromatic carbocycles. The van der Waals surface area contributed by atoms with Crippen molar-refractivity contribution in [1.29, 1.82) is 0 Å². The monoisotopic (exact) mass is 361 g/mol. The minimum atomic E-state index is -0.163. The molecule has 22 heavy (non-hydrogen) atoms. The van der Waals surface area contributed by atoms with Gasteiger partial charge in [0.15, 0.2) is 6.61 Å². The largest absolute Gasteiger partial charge is 0.484 e. The van der Waals surface area contributed by atoms with E-state index in [0.717, 1.165) is 16.6 Å². The number of halogens is 1. The van der Waals surface area contributed by atoms with Gasteiger partial charge in [0.2, 0.25) is 0 Å². The maximum absolute atomic E-state index is 11.9. The van der Waals surface area contributed by atoms with Crippen molar-refractivity contribution in [2.45, 2.75) is 26.2 Å². The summed E-state index contributed by atoms with van der Waals surface area (Å²) in [6, 6.07) is 15.4. The van der Waals surface area contributed by atoms with Crippen LogP contribution >= 0.6 is 15.9 Å². The van der Waals surface area contributed by atoms with Crippen molar-refractivity contribution in [3.05, 3.63) is 58.6 Å². The molecule has 0 aliphatic carbocycles. The first kappa shape index (κ1) is 16.6. The van der Waals surface area contributed by atoms with Gasteiger partial charge in [0.1, 0.15) is 5.75 Å². The van der Waals surface area contributed by atoms with Crippen molar-refractivity contribution in [3.8, 4) is 5.75 Å². The molecule has 4 heteroatoms. The first-order valence-electron chi connectivity index (χ1n) is 7.44. The van der Waals surface area contributed by atoms with Crippen LogP contribution in [0.5, 0.6) is 5.75 Å². The van der Waals surface area contributed by atoms with Crippen LogP contribution in [0.4, 0.5) is 5.69 Å². The van der Waals surface area contributed by atoms with Crippen molar-refractivity contribution in [1.82, 2.24) is 0 Å². The Morgan fingerprint density at radius 1 is 1.09 bits per heavy atom. The van der Waals surface area contributed by atoms with Crippen LogP contribution < -0.4 is 10.1 Å². The number of carbonyl (C=O) groups excluding carboxylic acids is 1. The number of benzene rings is 2. The molecule has 0 saturated heterocycles. The van der Waals surface area contributed by atoms with E-state index >= 15 is 0 Å². The zero-order valence-electron chi connectivity index (χ0n) is 12.6. The molecule has 116 valence electrons. The minimum Gasteiger partial charge on any atom is -0.484 e. The number of nitrogens with one attached hydrogen (secondary N) is 1. The molecule has 0 bridgehead atoms. The molecule has 1 amide bonds. The van der Waals surface area contributed by atoms with Crippen molar-refractivity contribution < 1.29 is 9.53 Å². The van der Waals surface area contributed by atoms with Crippen LogP contribution in [0.1, 0.15) is 25.3 Å². The van der Waals surface area contributed by atoms with Gasteiger partial charge in [-0.15, -0.1) is 0 Å². The summed E-state index contributed by atoms with van der Waals surface area (Å²) in [7, 11) is 0. The minimum absolute atomic E-state index is 0.000775. The number of carbonyl (C=O) groups is 1. The van der Waals surface area contributed by atoms with Gasteiger partial charge in [0, 0.05) is 10.2 Å². The molecular formula is C18H20BrNO2. The van der Waals surface area contributed by atoms with Gasteiger partial charge in [-0.05, 0) is 54.8 Å². The van der Waals surface area contributed by atoms with Crippen LogP contribution in [0.15, 0.2) is 53.0 Å². The Hall–Kier alpha value is -1.81. The Morgan fingerprint density at radius 3 is 2.41 bits per heavy atom. The first-order chi connectivity index (χ1) is 10.7. The van der Waals surface area contributed by atoms with E-state index in [4.69, 9.17) is 4.74 Å². The lowest BCUT2D eigenvalue weighted by Gasteiger charge is -2.08. The predicted molar refractivity (Wildman–Crippen MR) is 93.3 cm³/mol. The highest BCUT2D eigenvalue weighted by Crippen LogP contribution is 2.16. The number of rotatable bonds is 7. The molecular weight excluding hydrogens is 342 g/mol. The zero-order chi connectivity index (χ0) is 15.8. The summed E-state index contributed by atoms with van der Waals surface area (Å²) in [5, 5.41) is 2.83. The number of aryl methyl sites for hydroxylation is 1. The molecule has 0 radical (unpaired) electrons. The Balaban J connectivity index is 1.80. The van der Waals surface area contributed by atoms with Crippen LogP contribution in [-0.2, 0) is 11.2 Å². The number of ether oxygens (including phenoxy) is 1. The lowest BCUT2D eigenvalue weighted by molar-refractivity contribution is -0.118. The molecule has 0 saturated carbocycles. The maximum atomic E-state index is 11.9. The van der Waals surface area contributed by atoms with Gasteiger partial charge in [0.05, 0.1) is 0 Å². The number of amides is 1. The standard InChI is InChI=1S/C18H20BrNO2/c1-2-3-4-14-5-9-16(10-6-14)20-18(21)13-22-17-11-7-15(19)8-12-17/h5-12H,2-4,13H2,1H3,(H,20,21). The Morgan fingerprint density at radius 2 is 1.77 bits per heavy atom. The molecule has 0 unspecified atom stereocenters. The normalized spacial score (nSPS) is 10.3. The molecule has 1 N–H and O–H groups in total. The third-order valence-electron chi connectivity index (χ3n) is 3.24. The van der Waals surface area contributed by atoms with Crippen molar-refractivity contribution in [3.63, 3.8) is 0 Å². The van der Waals surface area contributed by atoms with Gasteiger partial charge in [-0.1, -0.05) is 41.4 Å². The average molecular weight is 362 g/mol. The Kier molecular flexibility index (Phi) is 6.46. The second-order valence-corrected chi connectivity index (χ2v) is 6.01. The third kappa shape index (κ3) is 5.53. The van der Waals surface area contributed by atoms with Gasteiger partial charge in [-0.25, -0.2) is 0 Å². The fourth-order valence-corrected chi connectivity index (χ4v) is 2.28. The second-order valence-electron chi connectivity index (χ2n) is 5.09. The quantitative estimate of drug-likeness (QED) is 0.768. The summed E-state index contributed by atoms with van der Waals surface area (Å²) in [4.78, 5) is 11.9. The number of hydrogen-bond donors (Lipinski definition) is 1. The topological polar surface area (TPSA) is 38.3 Å². The molecule has 0 fully saturated rings. The van der Waals surface area contributed by atoms with E-state index in [2.05, 4.69) is 40.3 Å². The molecule has 0 aromatic heterocycles. The maximum Gasteiger partial charge on any atom is 0.262 e. The fraction of sp³-hybridized carbons (Fsp3) is 0.278. The lowest BCUT2D eigenvalue weighted by Crippen LogP contribution is -2.20. The molecule has 0 aliphatic rings. The predicted octanol–water partition coefficient (Wildman–Crippen LogP) is 4.81. The summed E-state index contributed by atoms with van der Waals surface area (Å²) >= 11 is 3.36. The van der Waals surface area contributed by atoms with Gasteiger partial charge < -0.3 is 10.1 Å². The third-order valence-corrected chi connectivity index (χ3v) is 3.77. The van der Waals surface area contributed by atoms with E-state index in [0.29, 0.717) is 5.75 Å². The number of hydrogen-bond acceptors (Lipinski definition) is 2. The van der Waals surface area contributed by atoms with Crippen molar-refractivity contribution >= 4 is 27.5 Å². The van der Waals surface area contributed by atoms with Gasteiger partial charge in [-0.2, -0.15) is 0 Å². The summed E-state index contributed by atoms with van der Waals surface area (Å²) in [6.45, 7) is 2.18. The van der Waals surface area contributed by atoms with E-state index in [1.54, 1.807) is 0 Å². The van der Waals surface area contributed by atoms with Crippen LogP contribution in [0, 0.1) is 0 Å². The average Bonchev–Trinajstić information content (AvgIpc) is 2.54. The van der Waals surface area contributed by atoms with Gasteiger partial charge in [-0.3, -0.25) is 4.79 Å². The summed E-state index contributed by atoms with van der Waals surface area (Å²) in [5.74, 6) is 0.512. The van der Waals surface area contributed by atoms with E-state index < -0.39 is 0 Å². The van der Waals surface area contributed by atoms with Crippen molar-refractivity contribution in [2.75, 3.05) is 11.9 Å². The van der Waals surface area contributed by atoms with E-state index in [1.165, 1.54) is 18.4 Å². The number of unbranched alkanes of at least 4 members (excludes halogenated alkanes) is 1. The summed E-state index contributed by atoms with van der Waals surface area (Å²) < 4.78 is 6.42. The first-order valence-corrected chi connectivity index (χ1v) is 8.24. The smallest absolute Gasteiger partial charge is 0.262 e. The highest BCUT2D eigenvalue weighted by molar-refractivity contribution is 9.10. The fourth-order valence-electron chi connectivity index (χ4n) is 2.01. The van der Waals surface area contributed by atoms with E-state index in [-0.39, 0.29) is 12.5 Å².